The van der Waals surface area contributed by atoms with Crippen LogP contribution in [0.2, 0.25) is 0 Å². The Hall–Kier alpha value is -2.63. The van der Waals surface area contributed by atoms with Crippen molar-refractivity contribution in [3.05, 3.63) is 48.3 Å². The summed E-state index contributed by atoms with van der Waals surface area (Å²) in [5.41, 5.74) is 1.19. The van der Waals surface area contributed by atoms with Crippen molar-refractivity contribution in [2.75, 3.05) is 18.5 Å². The van der Waals surface area contributed by atoms with Crippen LogP contribution in [0, 0.1) is 6.92 Å². The number of hydrogen-bond acceptors (Lipinski definition) is 5. The molecule has 2 rings (SSSR count). The quantitative estimate of drug-likeness (QED) is 0.781. The third-order valence-corrected chi connectivity index (χ3v) is 3.13. The summed E-state index contributed by atoms with van der Waals surface area (Å²) in [5.74, 6) is 1.30. The smallest absolute Gasteiger partial charge is 0.222 e. The maximum atomic E-state index is 11.9. The summed E-state index contributed by atoms with van der Waals surface area (Å²) in [5, 5.41) is 5.90. The van der Waals surface area contributed by atoms with E-state index in [1.807, 2.05) is 38.1 Å². The van der Waals surface area contributed by atoms with Crippen LogP contribution in [0.25, 0.3) is 0 Å². The van der Waals surface area contributed by atoms with Gasteiger partial charge in [0.05, 0.1) is 6.04 Å². The van der Waals surface area contributed by atoms with Gasteiger partial charge in [-0.3, -0.25) is 4.79 Å². The molecule has 23 heavy (non-hydrogen) atoms. The first kappa shape index (κ1) is 16.7. The van der Waals surface area contributed by atoms with Crippen molar-refractivity contribution in [1.29, 1.82) is 0 Å². The van der Waals surface area contributed by atoms with Gasteiger partial charge in [0.15, 0.2) is 0 Å². The van der Waals surface area contributed by atoms with Crippen LogP contribution in [-0.2, 0) is 4.79 Å². The Morgan fingerprint density at radius 1 is 1.22 bits per heavy atom. The van der Waals surface area contributed by atoms with Gasteiger partial charge in [0.25, 0.3) is 0 Å². The fourth-order valence-electron chi connectivity index (χ4n) is 1.92. The van der Waals surface area contributed by atoms with Gasteiger partial charge in [0.2, 0.25) is 11.9 Å². The molecule has 0 bridgehead atoms. The van der Waals surface area contributed by atoms with E-state index in [1.54, 1.807) is 18.5 Å². The molecule has 0 saturated heterocycles. The summed E-state index contributed by atoms with van der Waals surface area (Å²) in [4.78, 5) is 19.9. The summed E-state index contributed by atoms with van der Waals surface area (Å²) in [6, 6.07) is 9.53. The van der Waals surface area contributed by atoms with Gasteiger partial charge in [-0.2, -0.15) is 0 Å². The summed E-state index contributed by atoms with van der Waals surface area (Å²) >= 11 is 0. The van der Waals surface area contributed by atoms with E-state index in [-0.39, 0.29) is 11.9 Å². The van der Waals surface area contributed by atoms with Crippen molar-refractivity contribution >= 4 is 11.9 Å². The molecule has 0 fully saturated rings. The van der Waals surface area contributed by atoms with Crippen LogP contribution in [0.1, 0.15) is 18.9 Å². The molecule has 6 nitrogen and oxygen atoms in total. The third-order valence-electron chi connectivity index (χ3n) is 3.13. The van der Waals surface area contributed by atoms with Gasteiger partial charge in [-0.1, -0.05) is 17.7 Å². The van der Waals surface area contributed by atoms with E-state index in [4.69, 9.17) is 4.74 Å². The molecular formula is C17H22N4O2. The maximum absolute atomic E-state index is 11.9. The topological polar surface area (TPSA) is 76.1 Å². The molecule has 1 aromatic heterocycles. The average molecular weight is 314 g/mol. The molecular weight excluding hydrogens is 292 g/mol. The predicted molar refractivity (Wildman–Crippen MR) is 89.4 cm³/mol. The third kappa shape index (κ3) is 6.34. The van der Waals surface area contributed by atoms with Crippen LogP contribution in [-0.4, -0.2) is 35.1 Å². The SMILES string of the molecule is Cc1ccc(OCC(C)NC(=O)CCNc2ncccn2)cc1. The van der Waals surface area contributed by atoms with E-state index in [9.17, 15) is 4.79 Å². The zero-order valence-electron chi connectivity index (χ0n) is 13.5. The molecule has 0 saturated carbocycles. The second-order valence-electron chi connectivity index (χ2n) is 5.34. The Morgan fingerprint density at radius 3 is 2.61 bits per heavy atom. The number of rotatable bonds is 8. The molecule has 0 radical (unpaired) electrons. The van der Waals surface area contributed by atoms with E-state index < -0.39 is 0 Å². The first-order valence-corrected chi connectivity index (χ1v) is 7.63. The Balaban J connectivity index is 1.63. The minimum atomic E-state index is -0.0585. The first-order chi connectivity index (χ1) is 11.1. The normalized spacial score (nSPS) is 11.6. The second-order valence-corrected chi connectivity index (χ2v) is 5.34. The van der Waals surface area contributed by atoms with Crippen LogP contribution >= 0.6 is 0 Å². The monoisotopic (exact) mass is 314 g/mol. The fourth-order valence-corrected chi connectivity index (χ4v) is 1.92. The van der Waals surface area contributed by atoms with Crippen molar-refractivity contribution in [3.8, 4) is 5.75 Å². The lowest BCUT2D eigenvalue weighted by molar-refractivity contribution is -0.121. The number of amides is 1. The number of ether oxygens (including phenoxy) is 1. The van der Waals surface area contributed by atoms with E-state index in [2.05, 4.69) is 20.6 Å². The number of anilines is 1. The highest BCUT2D eigenvalue weighted by Gasteiger charge is 2.08. The Kier molecular flexibility index (Phi) is 6.35. The van der Waals surface area contributed by atoms with Crippen LogP contribution in [0.5, 0.6) is 5.75 Å². The molecule has 1 atom stereocenters. The molecule has 6 heteroatoms. The summed E-state index contributed by atoms with van der Waals surface area (Å²) < 4.78 is 5.65. The molecule has 0 aliphatic rings. The van der Waals surface area contributed by atoms with Gasteiger partial charge < -0.3 is 15.4 Å². The van der Waals surface area contributed by atoms with Gasteiger partial charge in [-0.15, -0.1) is 0 Å². The van der Waals surface area contributed by atoms with Crippen molar-refractivity contribution in [2.24, 2.45) is 0 Å². The Labute approximate surface area is 136 Å². The molecule has 1 amide bonds. The highest BCUT2D eigenvalue weighted by atomic mass is 16.5. The summed E-state index contributed by atoms with van der Waals surface area (Å²) in [6.45, 7) is 4.87. The van der Waals surface area contributed by atoms with Crippen LogP contribution < -0.4 is 15.4 Å². The van der Waals surface area contributed by atoms with Gasteiger partial charge in [-0.25, -0.2) is 9.97 Å². The number of carbonyl (C=O) groups excluding carboxylic acids is 1. The number of hydrogen-bond donors (Lipinski definition) is 2. The van der Waals surface area contributed by atoms with Gasteiger partial charge in [-0.05, 0) is 32.0 Å². The lowest BCUT2D eigenvalue weighted by Gasteiger charge is -2.15. The van der Waals surface area contributed by atoms with E-state index >= 15 is 0 Å². The second kappa shape index (κ2) is 8.73. The molecule has 2 aromatic rings. The number of nitrogens with zero attached hydrogens (tertiary/aromatic N) is 2. The van der Waals surface area contributed by atoms with E-state index in [0.717, 1.165) is 5.75 Å². The number of aryl methyl sites for hydroxylation is 1. The van der Waals surface area contributed by atoms with Gasteiger partial charge >= 0.3 is 0 Å². The largest absolute Gasteiger partial charge is 0.491 e. The average Bonchev–Trinajstić information content (AvgIpc) is 2.55. The lowest BCUT2D eigenvalue weighted by atomic mass is 10.2. The zero-order valence-corrected chi connectivity index (χ0v) is 13.5. The standard InChI is InChI=1S/C17H22N4O2/c1-13-4-6-15(7-5-13)23-12-14(2)21-16(22)8-11-20-17-18-9-3-10-19-17/h3-7,9-10,14H,8,11-12H2,1-2H3,(H,21,22)(H,18,19,20). The lowest BCUT2D eigenvalue weighted by Crippen LogP contribution is -2.37. The minimum absolute atomic E-state index is 0.0339. The highest BCUT2D eigenvalue weighted by Crippen LogP contribution is 2.11. The van der Waals surface area contributed by atoms with Gasteiger partial charge in [0, 0.05) is 25.4 Å². The van der Waals surface area contributed by atoms with Gasteiger partial charge in [0.1, 0.15) is 12.4 Å². The summed E-state index contributed by atoms with van der Waals surface area (Å²) in [7, 11) is 0. The number of nitrogens with one attached hydrogen (secondary N) is 2. The van der Waals surface area contributed by atoms with Crippen LogP contribution in [0.4, 0.5) is 5.95 Å². The molecule has 1 heterocycles. The number of aromatic nitrogens is 2. The van der Waals surface area contributed by atoms with E-state index in [0.29, 0.717) is 25.5 Å². The van der Waals surface area contributed by atoms with E-state index in [1.165, 1.54) is 5.56 Å². The van der Waals surface area contributed by atoms with Crippen LogP contribution in [0.15, 0.2) is 42.7 Å². The fraction of sp³-hybridized carbons (Fsp3) is 0.353. The summed E-state index contributed by atoms with van der Waals surface area (Å²) in [6.07, 6.45) is 3.66. The first-order valence-electron chi connectivity index (χ1n) is 7.63. The molecule has 0 aliphatic carbocycles. The Bertz CT molecular complexity index is 602. The number of benzene rings is 1. The molecule has 122 valence electrons. The van der Waals surface area contributed by atoms with Crippen molar-refractivity contribution in [1.82, 2.24) is 15.3 Å². The van der Waals surface area contributed by atoms with Crippen molar-refractivity contribution in [2.45, 2.75) is 26.3 Å². The predicted octanol–water partition coefficient (Wildman–Crippen LogP) is 2.17. The molecule has 0 aliphatic heterocycles. The minimum Gasteiger partial charge on any atom is -0.491 e. The maximum Gasteiger partial charge on any atom is 0.222 e. The van der Waals surface area contributed by atoms with Crippen molar-refractivity contribution < 1.29 is 9.53 Å². The number of carbonyl (C=O) groups is 1. The molecule has 0 spiro atoms. The Morgan fingerprint density at radius 2 is 1.91 bits per heavy atom. The zero-order chi connectivity index (χ0) is 16.5. The van der Waals surface area contributed by atoms with Crippen molar-refractivity contribution in [3.63, 3.8) is 0 Å². The van der Waals surface area contributed by atoms with Crippen LogP contribution in [0.3, 0.4) is 0 Å². The molecule has 1 unspecified atom stereocenters. The highest BCUT2D eigenvalue weighted by molar-refractivity contribution is 5.76. The molecule has 1 aromatic carbocycles. The molecule has 2 N–H and O–H groups in total.